The summed E-state index contributed by atoms with van der Waals surface area (Å²) in [5.41, 5.74) is 0.867. The Kier molecular flexibility index (Phi) is 5.00. The standard InChI is InChI=1S/C22H15F3N6O2/c23-22(24,25)18-11-16(15-2-1-8-26-12-15)30-31(18)20-6-5-19(28-29-20)27-21(32)14-3-4-17-13(10-14)7-9-33-17/h1-6,8,10-12H,7,9H2,(H,27,28,32). The number of benzene rings is 1. The monoisotopic (exact) mass is 452 g/mol. The summed E-state index contributed by atoms with van der Waals surface area (Å²) < 4.78 is 46.9. The number of fused-ring (bicyclic) bond motifs is 1. The number of alkyl halides is 3. The van der Waals surface area contributed by atoms with Gasteiger partial charge in [0, 0.05) is 29.9 Å². The Morgan fingerprint density at radius 3 is 2.70 bits per heavy atom. The fourth-order valence-electron chi connectivity index (χ4n) is 3.43. The summed E-state index contributed by atoms with van der Waals surface area (Å²) in [6.07, 6.45) is -1.01. The second-order valence-corrected chi connectivity index (χ2v) is 7.22. The molecule has 0 aliphatic carbocycles. The summed E-state index contributed by atoms with van der Waals surface area (Å²) >= 11 is 0. The van der Waals surface area contributed by atoms with Crippen molar-refractivity contribution in [1.29, 1.82) is 0 Å². The fourth-order valence-corrected chi connectivity index (χ4v) is 3.43. The Morgan fingerprint density at radius 2 is 1.97 bits per heavy atom. The third-order valence-corrected chi connectivity index (χ3v) is 5.02. The average Bonchev–Trinajstić information content (AvgIpc) is 3.47. The molecule has 0 unspecified atom stereocenters. The number of hydrogen-bond donors (Lipinski definition) is 1. The van der Waals surface area contributed by atoms with Crippen molar-refractivity contribution < 1.29 is 22.7 Å². The van der Waals surface area contributed by atoms with E-state index in [0.717, 1.165) is 23.8 Å². The molecule has 5 rings (SSSR count). The number of nitrogens with one attached hydrogen (secondary N) is 1. The molecule has 1 aliphatic rings. The van der Waals surface area contributed by atoms with Crippen LogP contribution in [-0.2, 0) is 12.6 Å². The SMILES string of the molecule is O=C(Nc1ccc(-n2nc(-c3cccnc3)cc2C(F)(F)F)nn1)c1ccc2c(c1)CCO2. The van der Waals surface area contributed by atoms with Gasteiger partial charge in [-0.15, -0.1) is 10.2 Å². The van der Waals surface area contributed by atoms with Gasteiger partial charge in [0.05, 0.1) is 12.3 Å². The van der Waals surface area contributed by atoms with Crippen LogP contribution in [0.2, 0.25) is 0 Å². The molecule has 0 fully saturated rings. The molecular weight excluding hydrogens is 437 g/mol. The van der Waals surface area contributed by atoms with Gasteiger partial charge in [0.1, 0.15) is 5.75 Å². The number of halogens is 3. The lowest BCUT2D eigenvalue weighted by atomic mass is 10.1. The smallest absolute Gasteiger partial charge is 0.433 e. The molecule has 166 valence electrons. The molecule has 0 saturated carbocycles. The van der Waals surface area contributed by atoms with Gasteiger partial charge in [-0.3, -0.25) is 9.78 Å². The molecule has 4 aromatic rings. The van der Waals surface area contributed by atoms with E-state index in [4.69, 9.17) is 4.74 Å². The molecule has 0 atom stereocenters. The predicted molar refractivity (Wildman–Crippen MR) is 111 cm³/mol. The molecule has 8 nitrogen and oxygen atoms in total. The second-order valence-electron chi connectivity index (χ2n) is 7.22. The van der Waals surface area contributed by atoms with E-state index in [1.165, 1.54) is 24.5 Å². The van der Waals surface area contributed by atoms with Gasteiger partial charge in [-0.05, 0) is 54.1 Å². The second kappa shape index (κ2) is 8.01. The lowest BCUT2D eigenvalue weighted by Gasteiger charge is -2.09. The topological polar surface area (TPSA) is 94.8 Å². The van der Waals surface area contributed by atoms with Crippen LogP contribution in [0, 0.1) is 0 Å². The van der Waals surface area contributed by atoms with E-state index >= 15 is 0 Å². The van der Waals surface area contributed by atoms with Crippen LogP contribution in [0.4, 0.5) is 19.0 Å². The van der Waals surface area contributed by atoms with Crippen LogP contribution in [0.15, 0.2) is 60.9 Å². The number of amides is 1. The molecule has 3 aromatic heterocycles. The summed E-state index contributed by atoms with van der Waals surface area (Å²) in [4.78, 5) is 16.4. The van der Waals surface area contributed by atoms with E-state index in [9.17, 15) is 18.0 Å². The first-order valence-electron chi connectivity index (χ1n) is 9.87. The first kappa shape index (κ1) is 20.6. The number of hydrogen-bond acceptors (Lipinski definition) is 6. The van der Waals surface area contributed by atoms with E-state index < -0.39 is 17.8 Å². The van der Waals surface area contributed by atoms with Crippen LogP contribution in [0.25, 0.3) is 17.1 Å². The number of anilines is 1. The third kappa shape index (κ3) is 4.12. The van der Waals surface area contributed by atoms with Crippen LogP contribution < -0.4 is 10.1 Å². The first-order valence-corrected chi connectivity index (χ1v) is 9.87. The minimum Gasteiger partial charge on any atom is -0.493 e. The molecular formula is C22H15F3N6O2. The molecule has 0 radical (unpaired) electrons. The zero-order valence-electron chi connectivity index (χ0n) is 16.9. The summed E-state index contributed by atoms with van der Waals surface area (Å²) in [7, 11) is 0. The molecule has 1 aliphatic heterocycles. The minimum atomic E-state index is -4.67. The number of carbonyl (C=O) groups is 1. The molecule has 0 spiro atoms. The molecule has 33 heavy (non-hydrogen) atoms. The van der Waals surface area contributed by atoms with E-state index in [1.807, 2.05) is 0 Å². The van der Waals surface area contributed by atoms with Crippen LogP contribution in [-0.4, -0.2) is 37.5 Å². The van der Waals surface area contributed by atoms with Gasteiger partial charge in [0.25, 0.3) is 5.91 Å². The fraction of sp³-hybridized carbons (Fsp3) is 0.136. The van der Waals surface area contributed by atoms with Gasteiger partial charge in [-0.25, -0.2) is 4.68 Å². The van der Waals surface area contributed by atoms with E-state index in [2.05, 4.69) is 25.6 Å². The van der Waals surface area contributed by atoms with Crippen molar-refractivity contribution in [2.75, 3.05) is 11.9 Å². The van der Waals surface area contributed by atoms with Crippen molar-refractivity contribution in [2.24, 2.45) is 0 Å². The Bertz CT molecular complexity index is 1320. The van der Waals surface area contributed by atoms with Gasteiger partial charge < -0.3 is 10.1 Å². The lowest BCUT2D eigenvalue weighted by Crippen LogP contribution is -2.16. The van der Waals surface area contributed by atoms with Crippen molar-refractivity contribution in [2.45, 2.75) is 12.6 Å². The molecule has 1 N–H and O–H groups in total. The highest BCUT2D eigenvalue weighted by atomic mass is 19.4. The third-order valence-electron chi connectivity index (χ3n) is 5.02. The van der Waals surface area contributed by atoms with E-state index in [0.29, 0.717) is 22.4 Å². The summed E-state index contributed by atoms with van der Waals surface area (Å²) in [5.74, 6) is 0.278. The van der Waals surface area contributed by atoms with Crippen LogP contribution in [0.1, 0.15) is 21.6 Å². The zero-order chi connectivity index (χ0) is 23.0. The number of carbonyl (C=O) groups excluding carboxylic acids is 1. The Labute approximate surface area is 185 Å². The van der Waals surface area contributed by atoms with Gasteiger partial charge in [0.2, 0.25) is 0 Å². The number of aromatic nitrogens is 5. The van der Waals surface area contributed by atoms with E-state index in [1.54, 1.807) is 30.3 Å². The van der Waals surface area contributed by atoms with Crippen molar-refractivity contribution in [3.8, 4) is 22.8 Å². The number of nitrogens with zero attached hydrogens (tertiary/aromatic N) is 5. The maximum atomic E-state index is 13.6. The molecule has 1 amide bonds. The van der Waals surface area contributed by atoms with Crippen LogP contribution >= 0.6 is 0 Å². The van der Waals surface area contributed by atoms with Gasteiger partial charge >= 0.3 is 6.18 Å². The quantitative estimate of drug-likeness (QED) is 0.504. The van der Waals surface area contributed by atoms with Gasteiger partial charge in [-0.1, -0.05) is 0 Å². The molecule has 4 heterocycles. The highest BCUT2D eigenvalue weighted by molar-refractivity contribution is 6.04. The number of rotatable bonds is 4. The predicted octanol–water partition coefficient (Wildman–Crippen LogP) is 3.93. The van der Waals surface area contributed by atoms with Crippen LogP contribution in [0.3, 0.4) is 0 Å². The highest BCUT2D eigenvalue weighted by Gasteiger charge is 2.37. The minimum absolute atomic E-state index is 0.0914. The summed E-state index contributed by atoms with van der Waals surface area (Å²) in [6, 6.07) is 11.9. The summed E-state index contributed by atoms with van der Waals surface area (Å²) in [6.45, 7) is 0.573. The van der Waals surface area contributed by atoms with Crippen molar-refractivity contribution in [3.63, 3.8) is 0 Å². The van der Waals surface area contributed by atoms with Crippen LogP contribution in [0.5, 0.6) is 5.75 Å². The Hall–Kier alpha value is -4.28. The number of ether oxygens (including phenoxy) is 1. The average molecular weight is 452 g/mol. The number of pyridine rings is 1. The maximum absolute atomic E-state index is 13.6. The highest BCUT2D eigenvalue weighted by Crippen LogP contribution is 2.33. The van der Waals surface area contributed by atoms with Gasteiger partial charge in [0.15, 0.2) is 17.3 Å². The Balaban J connectivity index is 1.40. The first-order chi connectivity index (χ1) is 15.9. The zero-order valence-corrected chi connectivity index (χ0v) is 16.9. The van der Waals surface area contributed by atoms with Crippen molar-refractivity contribution >= 4 is 11.7 Å². The molecule has 0 bridgehead atoms. The molecule has 11 heteroatoms. The normalized spacial score (nSPS) is 12.8. The Morgan fingerprint density at radius 1 is 1.09 bits per heavy atom. The van der Waals surface area contributed by atoms with Gasteiger partial charge in [-0.2, -0.15) is 18.3 Å². The van der Waals surface area contributed by atoms with Crippen molar-refractivity contribution in [1.82, 2.24) is 25.0 Å². The van der Waals surface area contributed by atoms with E-state index in [-0.39, 0.29) is 17.3 Å². The lowest BCUT2D eigenvalue weighted by molar-refractivity contribution is -0.142. The molecule has 0 saturated heterocycles. The maximum Gasteiger partial charge on any atom is 0.433 e. The van der Waals surface area contributed by atoms with Crippen molar-refractivity contribution in [3.05, 3.63) is 77.7 Å². The molecule has 1 aromatic carbocycles. The summed E-state index contributed by atoms with van der Waals surface area (Å²) in [5, 5.41) is 14.3. The largest absolute Gasteiger partial charge is 0.493 e.